The molecule has 228 valence electrons. The molecule has 1 heterocycles. The molecular formula is C32H34ClN7O4. The minimum Gasteiger partial charge on any atom is -0.461 e. The van der Waals surface area contributed by atoms with Gasteiger partial charge in [0.1, 0.15) is 19.0 Å². The fourth-order valence-corrected chi connectivity index (χ4v) is 4.57. The van der Waals surface area contributed by atoms with Gasteiger partial charge in [-0.15, -0.1) is 5.10 Å². The molecule has 12 heteroatoms. The molecule has 2 N–H and O–H groups in total. The van der Waals surface area contributed by atoms with Crippen molar-refractivity contribution in [2.75, 3.05) is 31.6 Å². The van der Waals surface area contributed by atoms with Crippen molar-refractivity contribution in [3.8, 4) is 5.69 Å². The van der Waals surface area contributed by atoms with E-state index in [9.17, 15) is 14.4 Å². The Hall–Kier alpha value is -4.87. The highest BCUT2D eigenvalue weighted by Gasteiger charge is 2.21. The third-order valence-corrected chi connectivity index (χ3v) is 7.07. The normalized spacial score (nSPS) is 11.8. The van der Waals surface area contributed by atoms with Gasteiger partial charge < -0.3 is 20.3 Å². The lowest BCUT2D eigenvalue weighted by molar-refractivity contribution is -0.123. The molecule has 0 radical (unpaired) electrons. The van der Waals surface area contributed by atoms with Gasteiger partial charge in [-0.25, -0.2) is 4.79 Å². The zero-order valence-electron chi connectivity index (χ0n) is 24.5. The molecule has 0 saturated heterocycles. The largest absolute Gasteiger partial charge is 0.461 e. The maximum absolute atomic E-state index is 13.4. The predicted octanol–water partition coefficient (Wildman–Crippen LogP) is 4.19. The van der Waals surface area contributed by atoms with Gasteiger partial charge in [0, 0.05) is 35.3 Å². The Kier molecular flexibility index (Phi) is 11.7. The highest BCUT2D eigenvalue weighted by molar-refractivity contribution is 6.30. The standard InChI is InChI=1S/C32H34ClN7O4/c1-3-39(4-2)18-19-44-32(43)24-10-14-27(15-11-24)35-31(42)28(20-23-8-6-5-7-9-23)36-30(41)17-12-25-21-26(33)13-16-29(25)40-22-34-37-38-40/h5-17,21-22,28H,3-4,18-20H2,1-2H3,(H,35,42)(H,36,41)/t28-/m0/s1. The summed E-state index contributed by atoms with van der Waals surface area (Å²) in [5, 5.41) is 17.3. The quantitative estimate of drug-likeness (QED) is 0.159. The number of likely N-dealkylation sites (N-methyl/N-ethyl adjacent to an activating group) is 1. The van der Waals surface area contributed by atoms with Gasteiger partial charge in [-0.1, -0.05) is 55.8 Å². The first-order chi connectivity index (χ1) is 21.4. The van der Waals surface area contributed by atoms with E-state index in [0.717, 1.165) is 18.7 Å². The average Bonchev–Trinajstić information content (AvgIpc) is 3.57. The van der Waals surface area contributed by atoms with Crippen molar-refractivity contribution in [3.63, 3.8) is 0 Å². The van der Waals surface area contributed by atoms with E-state index in [1.165, 1.54) is 17.1 Å². The molecule has 0 bridgehead atoms. The van der Waals surface area contributed by atoms with Gasteiger partial charge in [0.25, 0.3) is 0 Å². The highest BCUT2D eigenvalue weighted by atomic mass is 35.5. The van der Waals surface area contributed by atoms with Crippen LogP contribution in [0.5, 0.6) is 0 Å². The summed E-state index contributed by atoms with van der Waals surface area (Å²) in [6.07, 6.45) is 4.60. The lowest BCUT2D eigenvalue weighted by Crippen LogP contribution is -2.44. The Morgan fingerprint density at radius 1 is 1.02 bits per heavy atom. The smallest absolute Gasteiger partial charge is 0.338 e. The molecule has 0 aliphatic carbocycles. The number of benzene rings is 3. The van der Waals surface area contributed by atoms with Crippen LogP contribution in [0.15, 0.2) is 85.2 Å². The van der Waals surface area contributed by atoms with Gasteiger partial charge in [0.15, 0.2) is 0 Å². The van der Waals surface area contributed by atoms with Gasteiger partial charge in [-0.2, -0.15) is 4.68 Å². The zero-order valence-corrected chi connectivity index (χ0v) is 25.3. The molecule has 0 unspecified atom stereocenters. The number of anilines is 1. The molecule has 4 aromatic rings. The summed E-state index contributed by atoms with van der Waals surface area (Å²) in [6, 6.07) is 20.0. The summed E-state index contributed by atoms with van der Waals surface area (Å²) < 4.78 is 6.84. The number of hydrogen-bond acceptors (Lipinski definition) is 8. The summed E-state index contributed by atoms with van der Waals surface area (Å²) in [5.41, 5.74) is 2.95. The van der Waals surface area contributed by atoms with Crippen molar-refractivity contribution in [2.45, 2.75) is 26.3 Å². The fourth-order valence-electron chi connectivity index (χ4n) is 4.39. The molecule has 0 aliphatic rings. The second kappa shape index (κ2) is 16.1. The van der Waals surface area contributed by atoms with Gasteiger partial charge in [0.2, 0.25) is 11.8 Å². The number of ether oxygens (including phenoxy) is 1. The summed E-state index contributed by atoms with van der Waals surface area (Å²) >= 11 is 6.18. The van der Waals surface area contributed by atoms with Crippen LogP contribution in [0.1, 0.15) is 35.3 Å². The minimum atomic E-state index is -0.891. The second-order valence-corrected chi connectivity index (χ2v) is 10.2. The van der Waals surface area contributed by atoms with Crippen molar-refractivity contribution in [1.82, 2.24) is 30.4 Å². The number of carbonyl (C=O) groups excluding carboxylic acids is 3. The first kappa shape index (κ1) is 32.1. The number of rotatable bonds is 14. The number of halogens is 1. The third kappa shape index (κ3) is 9.32. The molecule has 3 aromatic carbocycles. The number of tetrazole rings is 1. The van der Waals surface area contributed by atoms with E-state index in [0.29, 0.717) is 40.7 Å². The maximum atomic E-state index is 13.4. The number of carbonyl (C=O) groups is 3. The topological polar surface area (TPSA) is 131 Å². The number of aromatic nitrogens is 4. The number of nitrogens with one attached hydrogen (secondary N) is 2. The lowest BCUT2D eigenvalue weighted by Gasteiger charge is -2.18. The third-order valence-electron chi connectivity index (χ3n) is 6.84. The molecule has 0 spiro atoms. The van der Waals surface area contributed by atoms with Crippen molar-refractivity contribution >= 4 is 41.1 Å². The molecule has 11 nitrogen and oxygen atoms in total. The Balaban J connectivity index is 1.42. The van der Waals surface area contributed by atoms with Crippen LogP contribution in [0.25, 0.3) is 11.8 Å². The second-order valence-electron chi connectivity index (χ2n) is 9.77. The van der Waals surface area contributed by atoms with E-state index < -0.39 is 23.8 Å². The molecule has 1 atom stereocenters. The van der Waals surface area contributed by atoms with E-state index in [2.05, 4.69) is 44.9 Å². The van der Waals surface area contributed by atoms with Gasteiger partial charge in [-0.3, -0.25) is 9.59 Å². The SMILES string of the molecule is CCN(CC)CCOC(=O)c1ccc(NC(=O)[C@H](Cc2ccccc2)NC(=O)C=Cc2cc(Cl)ccc2-n2cnnn2)cc1. The Labute approximate surface area is 260 Å². The first-order valence-corrected chi connectivity index (χ1v) is 14.6. The summed E-state index contributed by atoms with van der Waals surface area (Å²) in [7, 11) is 0. The van der Waals surface area contributed by atoms with E-state index in [-0.39, 0.29) is 6.42 Å². The fraction of sp³-hybridized carbons (Fsp3) is 0.250. The number of amides is 2. The van der Waals surface area contributed by atoms with Gasteiger partial charge >= 0.3 is 5.97 Å². The Morgan fingerprint density at radius 2 is 1.77 bits per heavy atom. The predicted molar refractivity (Wildman–Crippen MR) is 168 cm³/mol. The van der Waals surface area contributed by atoms with Crippen LogP contribution < -0.4 is 10.6 Å². The lowest BCUT2D eigenvalue weighted by atomic mass is 10.0. The van der Waals surface area contributed by atoms with E-state index in [1.807, 2.05) is 30.3 Å². The van der Waals surface area contributed by atoms with Crippen LogP contribution in [-0.2, 0) is 20.7 Å². The number of hydrogen-bond donors (Lipinski definition) is 2. The van der Waals surface area contributed by atoms with Crippen LogP contribution in [0.3, 0.4) is 0 Å². The number of esters is 1. The van der Waals surface area contributed by atoms with Crippen LogP contribution in [0.2, 0.25) is 5.02 Å². The van der Waals surface area contributed by atoms with Crippen LogP contribution >= 0.6 is 11.6 Å². The van der Waals surface area contributed by atoms with Crippen molar-refractivity contribution < 1.29 is 19.1 Å². The molecule has 1 aromatic heterocycles. The van der Waals surface area contributed by atoms with Crippen molar-refractivity contribution in [1.29, 1.82) is 0 Å². The van der Waals surface area contributed by atoms with Crippen LogP contribution in [-0.4, -0.2) is 75.2 Å². The van der Waals surface area contributed by atoms with Crippen molar-refractivity contribution in [3.05, 3.63) is 107 Å². The first-order valence-electron chi connectivity index (χ1n) is 14.2. The summed E-state index contributed by atoms with van der Waals surface area (Å²) in [6.45, 7) is 6.84. The monoisotopic (exact) mass is 615 g/mol. The molecule has 0 aliphatic heterocycles. The van der Waals surface area contributed by atoms with E-state index in [4.69, 9.17) is 16.3 Å². The molecule has 2 amide bonds. The van der Waals surface area contributed by atoms with Gasteiger partial charge in [0.05, 0.1) is 11.3 Å². The average molecular weight is 616 g/mol. The molecule has 4 rings (SSSR count). The minimum absolute atomic E-state index is 0.260. The molecular weight excluding hydrogens is 582 g/mol. The van der Waals surface area contributed by atoms with E-state index in [1.54, 1.807) is 48.5 Å². The highest BCUT2D eigenvalue weighted by Crippen LogP contribution is 2.20. The Bertz CT molecular complexity index is 1560. The van der Waals surface area contributed by atoms with E-state index >= 15 is 0 Å². The molecule has 0 saturated carbocycles. The zero-order chi connectivity index (χ0) is 31.3. The molecule has 0 fully saturated rings. The van der Waals surface area contributed by atoms with Gasteiger partial charge in [-0.05, 0) is 77.6 Å². The maximum Gasteiger partial charge on any atom is 0.338 e. The number of nitrogens with zero attached hydrogens (tertiary/aromatic N) is 5. The summed E-state index contributed by atoms with van der Waals surface area (Å²) in [5.74, 6) is -1.33. The van der Waals surface area contributed by atoms with Crippen molar-refractivity contribution in [2.24, 2.45) is 0 Å². The molecule has 44 heavy (non-hydrogen) atoms. The van der Waals surface area contributed by atoms with Crippen LogP contribution in [0, 0.1) is 0 Å². The van der Waals surface area contributed by atoms with Crippen LogP contribution in [0.4, 0.5) is 5.69 Å². The summed E-state index contributed by atoms with van der Waals surface area (Å²) in [4.78, 5) is 41.0. The Morgan fingerprint density at radius 3 is 2.45 bits per heavy atom.